The van der Waals surface area contributed by atoms with Gasteiger partial charge in [0, 0.05) is 55.0 Å². The van der Waals surface area contributed by atoms with Gasteiger partial charge < -0.3 is 25.8 Å². The SMILES string of the molecule is CNC[C@@H](O)COc1ccc(Cl)c(-c2nc(C(C(C)=O)=C(C)N)c(C)c(N3CC4(CCN(OC(F)(F)F)CC4)C3)n2)c1. The fourth-order valence-corrected chi connectivity index (χ4v) is 5.69. The first kappa shape index (κ1) is 32.0. The number of rotatable bonds is 10. The molecule has 2 aromatic rings. The highest BCUT2D eigenvalue weighted by molar-refractivity contribution is 6.33. The number of carbonyl (C=O) groups excluding carboxylic acids is 1. The molecule has 2 aliphatic heterocycles. The summed E-state index contributed by atoms with van der Waals surface area (Å²) in [6, 6.07) is 4.99. The van der Waals surface area contributed by atoms with E-state index in [9.17, 15) is 23.1 Å². The van der Waals surface area contributed by atoms with E-state index in [0.29, 0.717) is 71.6 Å². The summed E-state index contributed by atoms with van der Waals surface area (Å²) in [5.41, 5.74) is 8.02. The number of Topliss-reactive ketones (excluding diaryl/α,β-unsaturated/α-hetero) is 1. The van der Waals surface area contributed by atoms with Crippen LogP contribution >= 0.6 is 11.6 Å². The van der Waals surface area contributed by atoms with Crippen molar-refractivity contribution in [1.82, 2.24) is 20.3 Å². The molecule has 0 bridgehead atoms. The fourth-order valence-electron chi connectivity index (χ4n) is 5.49. The van der Waals surface area contributed by atoms with Gasteiger partial charge in [-0.05, 0) is 58.9 Å². The molecule has 0 saturated carbocycles. The normalized spacial score (nSPS) is 18.5. The Kier molecular flexibility index (Phi) is 9.68. The van der Waals surface area contributed by atoms with E-state index in [1.54, 1.807) is 32.2 Å². The maximum Gasteiger partial charge on any atom is 0.539 e. The van der Waals surface area contributed by atoms with Gasteiger partial charge in [0.2, 0.25) is 0 Å². The quantitative estimate of drug-likeness (QED) is 0.342. The van der Waals surface area contributed by atoms with Crippen molar-refractivity contribution < 1.29 is 32.6 Å². The van der Waals surface area contributed by atoms with E-state index in [0.717, 1.165) is 5.06 Å². The Bertz CT molecular complexity index is 1340. The van der Waals surface area contributed by atoms with Crippen molar-refractivity contribution in [2.75, 3.05) is 51.3 Å². The van der Waals surface area contributed by atoms with Crippen LogP contribution in [0, 0.1) is 12.3 Å². The maximum atomic E-state index is 12.7. The molecule has 1 spiro atoms. The number of piperidine rings is 1. The lowest BCUT2D eigenvalue weighted by atomic mass is 9.72. The van der Waals surface area contributed by atoms with E-state index in [1.165, 1.54) is 6.92 Å². The highest BCUT2D eigenvalue weighted by Gasteiger charge is 2.47. The van der Waals surface area contributed by atoms with Gasteiger partial charge in [-0.25, -0.2) is 14.8 Å². The lowest BCUT2D eigenvalue weighted by Crippen LogP contribution is -2.61. The number of likely N-dealkylation sites (N-methyl/N-ethyl adjacent to an activating group) is 1. The summed E-state index contributed by atoms with van der Waals surface area (Å²) < 4.78 is 43.7. The first-order valence-corrected chi connectivity index (χ1v) is 14.0. The molecule has 42 heavy (non-hydrogen) atoms. The third-order valence-electron chi connectivity index (χ3n) is 7.53. The number of aliphatic hydroxyl groups excluding tert-OH is 1. The van der Waals surface area contributed by atoms with E-state index < -0.39 is 12.5 Å². The molecule has 0 amide bonds. The topological polar surface area (TPSA) is 126 Å². The number of hydroxylamine groups is 2. The number of anilines is 1. The summed E-state index contributed by atoms with van der Waals surface area (Å²) in [5.74, 6) is 1.03. The van der Waals surface area contributed by atoms with Gasteiger partial charge in [0.15, 0.2) is 11.6 Å². The average molecular weight is 613 g/mol. The molecule has 0 radical (unpaired) electrons. The molecule has 1 aromatic carbocycles. The molecular formula is C28H36ClF3N6O4. The average Bonchev–Trinajstić information content (AvgIpc) is 2.88. The highest BCUT2D eigenvalue weighted by Crippen LogP contribution is 2.45. The van der Waals surface area contributed by atoms with Gasteiger partial charge in [-0.1, -0.05) is 11.6 Å². The van der Waals surface area contributed by atoms with Crippen molar-refractivity contribution in [2.24, 2.45) is 11.1 Å². The number of nitrogens with one attached hydrogen (secondary N) is 1. The van der Waals surface area contributed by atoms with E-state index in [-0.39, 0.29) is 42.3 Å². The van der Waals surface area contributed by atoms with Crippen LogP contribution in [0.15, 0.2) is 23.9 Å². The maximum absolute atomic E-state index is 12.7. The molecule has 2 saturated heterocycles. The second-order valence-electron chi connectivity index (χ2n) is 10.9. The van der Waals surface area contributed by atoms with Crippen molar-refractivity contribution >= 4 is 28.8 Å². The number of nitrogens with two attached hydrogens (primary N) is 1. The first-order valence-electron chi connectivity index (χ1n) is 13.6. The van der Waals surface area contributed by atoms with Gasteiger partial charge in [0.1, 0.15) is 24.3 Å². The van der Waals surface area contributed by atoms with Crippen LogP contribution < -0.4 is 20.7 Å². The van der Waals surface area contributed by atoms with Gasteiger partial charge in [0.05, 0.1) is 16.3 Å². The van der Waals surface area contributed by atoms with Gasteiger partial charge in [-0.15, -0.1) is 13.2 Å². The predicted octanol–water partition coefficient (Wildman–Crippen LogP) is 3.70. The minimum Gasteiger partial charge on any atom is -0.491 e. The summed E-state index contributed by atoms with van der Waals surface area (Å²) in [4.78, 5) is 28.4. The van der Waals surface area contributed by atoms with Gasteiger partial charge in [-0.2, -0.15) is 5.06 Å². The molecule has 2 fully saturated rings. The fraction of sp³-hybridized carbons (Fsp3) is 0.536. The molecule has 4 N–H and O–H groups in total. The summed E-state index contributed by atoms with van der Waals surface area (Å²) in [5, 5.41) is 14.2. The van der Waals surface area contributed by atoms with E-state index in [2.05, 4.69) is 10.2 Å². The van der Waals surface area contributed by atoms with Crippen LogP contribution in [0.25, 0.3) is 17.0 Å². The van der Waals surface area contributed by atoms with Crippen LogP contribution in [0.1, 0.15) is 37.9 Å². The lowest BCUT2D eigenvalue weighted by Gasteiger charge is -2.54. The number of ether oxygens (including phenoxy) is 1. The minimum atomic E-state index is -4.71. The van der Waals surface area contributed by atoms with Crippen LogP contribution in [0.2, 0.25) is 5.02 Å². The Balaban J connectivity index is 1.66. The summed E-state index contributed by atoms with van der Waals surface area (Å²) >= 11 is 6.59. The smallest absolute Gasteiger partial charge is 0.491 e. The third-order valence-corrected chi connectivity index (χ3v) is 7.86. The Morgan fingerprint density at radius 1 is 1.24 bits per heavy atom. The Morgan fingerprint density at radius 3 is 2.48 bits per heavy atom. The molecule has 0 aliphatic carbocycles. The molecule has 1 aromatic heterocycles. The number of allylic oxidation sites excluding steroid dienone is 2. The summed E-state index contributed by atoms with van der Waals surface area (Å²) in [6.07, 6.45) is -4.35. The number of ketones is 1. The second-order valence-corrected chi connectivity index (χ2v) is 11.4. The number of alkyl halides is 3. The number of nitrogens with zero attached hydrogens (tertiary/aromatic N) is 4. The predicted molar refractivity (Wildman–Crippen MR) is 153 cm³/mol. The van der Waals surface area contributed by atoms with Crippen LogP contribution in [0.3, 0.4) is 0 Å². The number of halogens is 4. The lowest BCUT2D eigenvalue weighted by molar-refractivity contribution is -0.418. The standard InChI is InChI=1S/C28H36ClF3N6O4/c1-16-24(23(17(2)33)18(3)39)35-25(21-11-20(5-6-22(21)29)41-13-19(40)12-34-4)36-26(16)37-14-27(15-37)7-9-38(10-8-27)42-28(30,31)32/h5-6,11,19,34,40H,7-10,12-15,33H2,1-4H3/t19-/m1/s1. The zero-order valence-electron chi connectivity index (χ0n) is 24.0. The summed E-state index contributed by atoms with van der Waals surface area (Å²) in [7, 11) is 1.73. The number of carbonyl (C=O) groups is 1. The van der Waals surface area contributed by atoms with Crippen LogP contribution in [0.4, 0.5) is 19.0 Å². The van der Waals surface area contributed by atoms with E-state index in [1.807, 2.05) is 11.8 Å². The van der Waals surface area contributed by atoms with Crippen molar-refractivity contribution in [2.45, 2.75) is 46.1 Å². The van der Waals surface area contributed by atoms with Crippen molar-refractivity contribution in [1.29, 1.82) is 0 Å². The van der Waals surface area contributed by atoms with Gasteiger partial charge in [0.25, 0.3) is 0 Å². The van der Waals surface area contributed by atoms with Gasteiger partial charge in [-0.3, -0.25) is 4.79 Å². The molecule has 1 atom stereocenters. The largest absolute Gasteiger partial charge is 0.539 e. The molecule has 2 aliphatic rings. The van der Waals surface area contributed by atoms with Crippen LogP contribution in [-0.4, -0.2) is 84.8 Å². The third kappa shape index (κ3) is 7.32. The van der Waals surface area contributed by atoms with Crippen LogP contribution in [-0.2, 0) is 9.63 Å². The molecule has 14 heteroatoms. The van der Waals surface area contributed by atoms with Crippen molar-refractivity contribution in [3.8, 4) is 17.1 Å². The van der Waals surface area contributed by atoms with Gasteiger partial charge >= 0.3 is 6.36 Å². The van der Waals surface area contributed by atoms with E-state index in [4.69, 9.17) is 32.0 Å². The number of hydrogen-bond acceptors (Lipinski definition) is 10. The number of benzene rings is 1. The Morgan fingerprint density at radius 2 is 1.90 bits per heavy atom. The molecule has 3 heterocycles. The second kappa shape index (κ2) is 12.7. The monoisotopic (exact) mass is 612 g/mol. The van der Waals surface area contributed by atoms with Crippen molar-refractivity contribution in [3.05, 3.63) is 40.2 Å². The summed E-state index contributed by atoms with van der Waals surface area (Å²) in [6.45, 7) is 6.76. The van der Waals surface area contributed by atoms with E-state index >= 15 is 0 Å². The molecule has 4 rings (SSSR count). The number of aromatic nitrogens is 2. The Labute approximate surface area is 247 Å². The zero-order valence-corrected chi connectivity index (χ0v) is 24.8. The van der Waals surface area contributed by atoms with Crippen molar-refractivity contribution in [3.63, 3.8) is 0 Å². The first-order chi connectivity index (χ1) is 19.7. The molecule has 230 valence electrons. The number of hydrogen-bond donors (Lipinski definition) is 3. The van der Waals surface area contributed by atoms with Crippen LogP contribution in [0.5, 0.6) is 5.75 Å². The molecule has 10 nitrogen and oxygen atoms in total. The Hall–Kier alpha value is -2.97. The highest BCUT2D eigenvalue weighted by atomic mass is 35.5. The molecule has 0 unspecified atom stereocenters. The number of aliphatic hydroxyl groups is 1. The minimum absolute atomic E-state index is 0.0536. The zero-order chi connectivity index (χ0) is 30.8. The molecular weight excluding hydrogens is 577 g/mol.